The van der Waals surface area contributed by atoms with Crippen LogP contribution >= 0.6 is 0 Å². The average molecular weight is 1930 g/mol. The second kappa shape index (κ2) is 37.2. The SMILES string of the molecule is CC1=CCC2=C(CC[C@@H]3[C@@H]2CC[C@@]2(C)[C@H]3CCC23OCCO3)C1.C[C@]12CC[C@H]3[C@@H](CCC4=CC(=O)CC[C@@H]43)[C@@H]1CCC21OCCO1.C[C@]12CC[C@H]3[C@@H](CCC4=CC(=O)CC[C@@H]43)[C@@H]1CCC21OCCO1.C[C@]12CC[C@H]3[C@@H](CC[C@H]4C[C@@H](O)CC[C@@H]43)[C@@H]1CCC21OCCO1.C[C@]12CC[C@H]3[C@@H](CC[C@H]4C[C@H](N=[N+]=[N-])CC[C@@H]43)[C@@H]1CCC21OCCO1.Cc1ccc2c(c1)CC[C@@H]1[C@@H]2CC[C@@]2(C)[C@H]1CCC21OCCO1. The molecule has 0 bridgehead atoms. The van der Waals surface area contributed by atoms with Crippen molar-refractivity contribution in [2.24, 2.45) is 174 Å². The number of aryl methyl sites for hydroxylation is 2. The van der Waals surface area contributed by atoms with Gasteiger partial charge in [0.1, 0.15) is 0 Å². The summed E-state index contributed by atoms with van der Waals surface area (Å²) in [4.78, 5) is 26.6. The van der Waals surface area contributed by atoms with Crippen molar-refractivity contribution in [3.05, 3.63) is 91.4 Å². The van der Waals surface area contributed by atoms with E-state index in [-0.39, 0.29) is 79.4 Å². The lowest BCUT2D eigenvalue weighted by molar-refractivity contribution is -0.243. The van der Waals surface area contributed by atoms with Gasteiger partial charge in [0.05, 0.1) is 85.4 Å². The fourth-order valence-electron chi connectivity index (χ4n) is 43.3. The number of benzene rings is 1. The third-order valence-electron chi connectivity index (χ3n) is 49.6. The van der Waals surface area contributed by atoms with Crippen molar-refractivity contribution in [2.75, 3.05) is 79.3 Å². The number of fused-ring (bicyclic) bond motifs is 35. The molecule has 18 heteroatoms. The van der Waals surface area contributed by atoms with E-state index in [1.165, 1.54) is 222 Å². The highest BCUT2D eigenvalue weighted by molar-refractivity contribution is 5.92. The highest BCUT2D eigenvalue weighted by atomic mass is 16.8. The minimum absolute atomic E-state index is 0.0169. The fourth-order valence-corrected chi connectivity index (χ4v) is 43.3. The molecule has 29 aliphatic rings. The molecule has 23 aliphatic carbocycles. The van der Waals surface area contributed by atoms with Crippen LogP contribution in [0.15, 0.2) is 69.4 Å². The van der Waals surface area contributed by atoms with Gasteiger partial charge in [-0.3, -0.25) is 9.59 Å². The van der Waals surface area contributed by atoms with Gasteiger partial charge in [-0.15, -0.1) is 0 Å². The molecule has 18 saturated carbocycles. The minimum Gasteiger partial charge on any atom is -0.393 e. The molecule has 6 saturated heterocycles. The quantitative estimate of drug-likeness (QED) is 0.120. The third-order valence-corrected chi connectivity index (χ3v) is 49.6. The maximum atomic E-state index is 11.8. The monoisotopic (exact) mass is 1920 g/mol. The van der Waals surface area contributed by atoms with Crippen molar-refractivity contribution in [2.45, 2.75) is 416 Å². The highest BCUT2D eigenvalue weighted by Crippen LogP contribution is 2.75. The first-order valence-corrected chi connectivity index (χ1v) is 59.1. The van der Waals surface area contributed by atoms with E-state index in [0.717, 1.165) is 312 Å². The van der Waals surface area contributed by atoms with E-state index in [2.05, 4.69) is 89.7 Å². The van der Waals surface area contributed by atoms with E-state index >= 15 is 0 Å². The van der Waals surface area contributed by atoms with E-state index in [9.17, 15) is 14.7 Å². The largest absolute Gasteiger partial charge is 0.393 e. The number of rotatable bonds is 1. The van der Waals surface area contributed by atoms with Crippen molar-refractivity contribution in [1.29, 1.82) is 0 Å². The Morgan fingerprint density at radius 1 is 0.336 bits per heavy atom. The predicted molar refractivity (Wildman–Crippen MR) is 537 cm³/mol. The van der Waals surface area contributed by atoms with Crippen LogP contribution in [0.5, 0.6) is 0 Å². The number of carbonyl (C=O) groups is 2. The van der Waals surface area contributed by atoms with Gasteiger partial charge in [0.25, 0.3) is 0 Å². The first kappa shape index (κ1) is 97.1. The average Bonchev–Trinajstić information content (AvgIpc) is 1.57. The van der Waals surface area contributed by atoms with Gasteiger partial charge in [-0.05, 0) is 442 Å². The molecule has 0 amide bonds. The van der Waals surface area contributed by atoms with Crippen molar-refractivity contribution in [1.82, 2.24) is 0 Å². The molecular weight excluding hydrogens is 1750 g/mol. The van der Waals surface area contributed by atoms with Crippen LogP contribution in [0.25, 0.3) is 10.4 Å². The van der Waals surface area contributed by atoms with Gasteiger partial charge in [-0.25, -0.2) is 0 Å². The highest BCUT2D eigenvalue weighted by Gasteiger charge is 2.73. The molecule has 18 nitrogen and oxygen atoms in total. The number of hydrogen-bond acceptors (Lipinski definition) is 16. The molecule has 24 fully saturated rings. The number of nitrogens with zero attached hydrogens (tertiary/aromatic N) is 3. The Hall–Kier alpha value is -3.69. The maximum absolute atomic E-state index is 11.8. The number of aliphatic hydroxyl groups is 1. The number of azide groups is 1. The first-order chi connectivity index (χ1) is 67.8. The van der Waals surface area contributed by atoms with Gasteiger partial charge in [-0.1, -0.05) is 104 Å². The molecule has 0 radical (unpaired) electrons. The van der Waals surface area contributed by atoms with Crippen molar-refractivity contribution < 1.29 is 71.5 Å². The van der Waals surface area contributed by atoms with Gasteiger partial charge in [-0.2, -0.15) is 0 Å². The van der Waals surface area contributed by atoms with Crippen LogP contribution in [0.2, 0.25) is 0 Å². The van der Waals surface area contributed by atoms with Gasteiger partial charge >= 0.3 is 0 Å². The molecule has 30 rings (SSSR count). The molecular formula is C122H177N3O15. The normalized spacial score (nSPS) is 47.8. The Morgan fingerprint density at radius 3 is 1.12 bits per heavy atom. The van der Waals surface area contributed by atoms with E-state index < -0.39 is 0 Å². The Balaban J connectivity index is 0.0000000887. The molecule has 770 valence electrons. The van der Waals surface area contributed by atoms with Crippen LogP contribution in [-0.4, -0.2) is 143 Å². The lowest BCUT2D eigenvalue weighted by atomic mass is 9.50. The van der Waals surface area contributed by atoms with Gasteiger partial charge in [0.15, 0.2) is 46.3 Å². The first-order valence-electron chi connectivity index (χ1n) is 59.1. The number of hydrogen-bond donors (Lipinski definition) is 1. The van der Waals surface area contributed by atoms with Crippen LogP contribution in [-0.2, 0) is 72.9 Å². The summed E-state index contributed by atoms with van der Waals surface area (Å²) in [6.45, 7) is 28.7. The zero-order valence-electron chi connectivity index (χ0n) is 87.4. The van der Waals surface area contributed by atoms with E-state index in [0.29, 0.717) is 23.4 Å². The molecule has 6 heterocycles. The topological polar surface area (TPSA) is 214 Å². The van der Waals surface area contributed by atoms with Crippen molar-refractivity contribution >= 4 is 11.6 Å². The van der Waals surface area contributed by atoms with Gasteiger partial charge < -0.3 is 61.9 Å². The van der Waals surface area contributed by atoms with Crippen molar-refractivity contribution in [3.63, 3.8) is 0 Å². The minimum atomic E-state index is -0.277. The van der Waals surface area contributed by atoms with Crippen molar-refractivity contribution in [3.8, 4) is 0 Å². The molecule has 1 aromatic carbocycles. The standard InChI is InChI=1S/C21H30O2.C21H28O2.C20H31N3O2.C20H32O3.2C20H28O3/c2*1-14-3-5-16-15(13-14)4-6-18-17(16)7-9-20(2)19(18)8-10-21(20)22-11-12-23-21;1-19-8-6-16-15-5-3-14(22-23-21)12-13(15)2-4-17(16)18(19)7-9-20(19)24-10-11-25-20;3*1-19-8-6-16-15-5-3-14(21)12-13(15)2-4-17(16)18(19)7-9-20(19)22-10-11-23-20/h3,17-19H,4-13H2,1-2H3;3,5,13,17-19H,4,6-12H2,1-2H3;13-18H,2-12H2,1H3;13-18,21H,2-12H2,1H3;2*12,15-18H,2-11H2,1H3/t2*17-,18-,19+,20+;13-,14+,15-,16+,17+,18-,19-;13-,14-,15-,16+,17+,18-,19-;2*15-,16+,17+,18-,19-/m110000/s1. The molecule has 0 aromatic heterocycles. The smallest absolute Gasteiger partial charge is 0.174 e. The number of ether oxygens (including phenoxy) is 12. The molecule has 6 spiro atoms. The Bertz CT molecular complexity index is 4850. The van der Waals surface area contributed by atoms with Crippen LogP contribution in [0.1, 0.15) is 373 Å². The number of carbonyl (C=O) groups excluding carboxylic acids is 2. The van der Waals surface area contributed by atoms with Gasteiger partial charge in [0.2, 0.25) is 0 Å². The summed E-state index contributed by atoms with van der Waals surface area (Å²) in [7, 11) is 0. The summed E-state index contributed by atoms with van der Waals surface area (Å²) in [5.41, 5.74) is 23.0. The van der Waals surface area contributed by atoms with Crippen LogP contribution < -0.4 is 0 Å². The summed E-state index contributed by atoms with van der Waals surface area (Å²) >= 11 is 0. The zero-order valence-corrected chi connectivity index (χ0v) is 87.4. The second-order valence-corrected chi connectivity index (χ2v) is 53.9. The van der Waals surface area contributed by atoms with E-state index in [1.807, 2.05) is 17.7 Å². The number of ketones is 2. The van der Waals surface area contributed by atoms with Crippen LogP contribution in [0.3, 0.4) is 0 Å². The Morgan fingerprint density at radius 2 is 0.693 bits per heavy atom. The number of aliphatic hydroxyl groups excluding tert-OH is 1. The van der Waals surface area contributed by atoms with E-state index in [1.54, 1.807) is 22.3 Å². The summed E-state index contributed by atoms with van der Waals surface area (Å²) in [5, 5.41) is 14.1. The third kappa shape index (κ3) is 15.3. The molecule has 0 unspecified atom stereocenters. The lowest BCUT2D eigenvalue weighted by Gasteiger charge is -2.57. The summed E-state index contributed by atoms with van der Waals surface area (Å²) in [6.07, 6.45) is 65.2. The fraction of sp³-hybridized carbons (Fsp3) is 0.869. The summed E-state index contributed by atoms with van der Waals surface area (Å²) < 4.78 is 74.6. The van der Waals surface area contributed by atoms with Crippen LogP contribution in [0.4, 0.5) is 0 Å². The van der Waals surface area contributed by atoms with Gasteiger partial charge in [0, 0.05) is 94.8 Å². The second-order valence-electron chi connectivity index (χ2n) is 53.9. The Labute approximate surface area is 838 Å². The summed E-state index contributed by atoms with van der Waals surface area (Å²) in [6, 6.07) is 7.43. The predicted octanol–water partition coefficient (Wildman–Crippen LogP) is 26.1. The maximum Gasteiger partial charge on any atom is 0.174 e. The molecule has 1 aromatic rings. The number of allylic oxidation sites excluding steroid dienone is 6. The molecule has 1 N–H and O–H groups in total. The molecule has 140 heavy (non-hydrogen) atoms. The Kier molecular flexibility index (Phi) is 25.8. The summed E-state index contributed by atoms with van der Waals surface area (Å²) in [5.74, 6) is 18.7. The zero-order chi connectivity index (χ0) is 95.4. The van der Waals surface area contributed by atoms with Crippen LogP contribution in [0, 0.1) is 176 Å². The molecule has 6 aliphatic heterocycles. The van der Waals surface area contributed by atoms with E-state index in [4.69, 9.17) is 62.4 Å². The molecule has 32 atom stereocenters. The lowest BCUT2D eigenvalue weighted by Crippen LogP contribution is -2.54.